The van der Waals surface area contributed by atoms with E-state index in [4.69, 9.17) is 23.2 Å². The average molecular weight is 259 g/mol. The molecule has 2 aromatic heterocycles. The maximum absolute atomic E-state index is 10.0. The number of aromatic nitrogens is 4. The highest BCUT2D eigenvalue weighted by Gasteiger charge is 2.19. The molecule has 0 bridgehead atoms. The average Bonchev–Trinajstić information content (AvgIpc) is 2.63. The summed E-state index contributed by atoms with van der Waals surface area (Å²) < 4.78 is 1.46. The van der Waals surface area contributed by atoms with Crippen LogP contribution in [0.5, 0.6) is 0 Å². The SMILES string of the molecule is Cn1nncc1C(O)c1ncc(Cl)cc1Cl. The molecule has 0 radical (unpaired) electrons. The molecule has 0 aliphatic heterocycles. The number of aryl methyl sites for hydroxylation is 1. The van der Waals surface area contributed by atoms with Crippen LogP contribution in [0.3, 0.4) is 0 Å². The van der Waals surface area contributed by atoms with Crippen LogP contribution in [0.25, 0.3) is 0 Å². The molecular formula is C9H8Cl2N4O. The minimum atomic E-state index is -0.968. The molecule has 2 heterocycles. The molecule has 0 aromatic carbocycles. The summed E-state index contributed by atoms with van der Waals surface area (Å²) in [5, 5.41) is 18.2. The van der Waals surface area contributed by atoms with Gasteiger partial charge in [0.15, 0.2) is 0 Å². The van der Waals surface area contributed by atoms with Gasteiger partial charge in [-0.25, -0.2) is 4.68 Å². The Labute approximate surface area is 102 Å². The Morgan fingerprint density at radius 2 is 2.12 bits per heavy atom. The van der Waals surface area contributed by atoms with E-state index in [0.717, 1.165) is 0 Å². The third kappa shape index (κ3) is 2.02. The lowest BCUT2D eigenvalue weighted by Crippen LogP contribution is -2.08. The molecule has 5 nitrogen and oxygen atoms in total. The van der Waals surface area contributed by atoms with Crippen LogP contribution < -0.4 is 0 Å². The van der Waals surface area contributed by atoms with E-state index in [1.165, 1.54) is 23.1 Å². The topological polar surface area (TPSA) is 63.8 Å². The lowest BCUT2D eigenvalue weighted by atomic mass is 10.2. The van der Waals surface area contributed by atoms with Crippen molar-refractivity contribution in [3.8, 4) is 0 Å². The second-order valence-electron chi connectivity index (χ2n) is 3.21. The Bertz CT molecular complexity index is 514. The maximum Gasteiger partial charge on any atom is 0.141 e. The zero-order chi connectivity index (χ0) is 11.7. The van der Waals surface area contributed by atoms with Gasteiger partial charge in [0.25, 0.3) is 0 Å². The molecule has 0 aliphatic carbocycles. The van der Waals surface area contributed by atoms with Crippen LogP contribution in [0.15, 0.2) is 18.5 Å². The van der Waals surface area contributed by atoms with Crippen molar-refractivity contribution in [1.82, 2.24) is 20.0 Å². The van der Waals surface area contributed by atoms with E-state index in [1.54, 1.807) is 7.05 Å². The van der Waals surface area contributed by atoms with Gasteiger partial charge in [0.1, 0.15) is 6.10 Å². The van der Waals surface area contributed by atoms with Crippen molar-refractivity contribution in [2.75, 3.05) is 0 Å². The molecular weight excluding hydrogens is 251 g/mol. The van der Waals surface area contributed by atoms with Gasteiger partial charge in [-0.2, -0.15) is 0 Å². The first kappa shape index (κ1) is 11.3. The van der Waals surface area contributed by atoms with Crippen molar-refractivity contribution in [2.45, 2.75) is 6.10 Å². The Kier molecular flexibility index (Phi) is 3.09. The predicted molar refractivity (Wildman–Crippen MR) is 59.3 cm³/mol. The molecule has 2 rings (SSSR count). The highest BCUT2D eigenvalue weighted by molar-refractivity contribution is 6.34. The van der Waals surface area contributed by atoms with E-state index in [2.05, 4.69) is 15.3 Å². The van der Waals surface area contributed by atoms with Gasteiger partial charge < -0.3 is 5.11 Å². The normalized spacial score (nSPS) is 12.8. The molecule has 0 spiro atoms. The summed E-state index contributed by atoms with van der Waals surface area (Å²) in [7, 11) is 1.68. The van der Waals surface area contributed by atoms with Gasteiger partial charge >= 0.3 is 0 Å². The number of rotatable bonds is 2. The number of halogens is 2. The van der Waals surface area contributed by atoms with Crippen molar-refractivity contribution < 1.29 is 5.11 Å². The number of aliphatic hydroxyl groups is 1. The lowest BCUT2D eigenvalue weighted by Gasteiger charge is -2.11. The van der Waals surface area contributed by atoms with Crippen LogP contribution in [0.1, 0.15) is 17.5 Å². The molecule has 0 saturated heterocycles. The fourth-order valence-electron chi connectivity index (χ4n) is 1.31. The van der Waals surface area contributed by atoms with E-state index in [0.29, 0.717) is 21.4 Å². The van der Waals surface area contributed by atoms with Crippen molar-refractivity contribution in [2.24, 2.45) is 7.05 Å². The Hall–Kier alpha value is -1.17. The summed E-state index contributed by atoms with van der Waals surface area (Å²) in [6, 6.07) is 1.53. The maximum atomic E-state index is 10.0. The van der Waals surface area contributed by atoms with E-state index >= 15 is 0 Å². The molecule has 7 heteroatoms. The molecule has 84 valence electrons. The van der Waals surface area contributed by atoms with E-state index in [1.807, 2.05) is 0 Å². The van der Waals surface area contributed by atoms with Crippen molar-refractivity contribution in [3.05, 3.63) is 39.9 Å². The largest absolute Gasteiger partial charge is 0.380 e. The number of nitrogens with zero attached hydrogens (tertiary/aromatic N) is 4. The molecule has 0 saturated carbocycles. The van der Waals surface area contributed by atoms with Crippen molar-refractivity contribution >= 4 is 23.2 Å². The second-order valence-corrected chi connectivity index (χ2v) is 4.05. The standard InChI is InChI=1S/C9H8Cl2N4O/c1-15-7(4-13-14-15)9(16)8-6(11)2-5(10)3-12-8/h2-4,9,16H,1H3. The molecule has 1 atom stereocenters. The van der Waals surface area contributed by atoms with Gasteiger partial charge in [-0.1, -0.05) is 28.4 Å². The van der Waals surface area contributed by atoms with E-state index in [-0.39, 0.29) is 0 Å². The minimum Gasteiger partial charge on any atom is -0.380 e. The van der Waals surface area contributed by atoms with Crippen LogP contribution in [0.2, 0.25) is 10.0 Å². The number of hydrogen-bond donors (Lipinski definition) is 1. The van der Waals surface area contributed by atoms with Gasteiger partial charge in [-0.15, -0.1) is 5.10 Å². The molecule has 0 fully saturated rings. The van der Waals surface area contributed by atoms with Crippen LogP contribution in [0, 0.1) is 0 Å². The smallest absolute Gasteiger partial charge is 0.141 e. The summed E-state index contributed by atoms with van der Waals surface area (Å²) >= 11 is 11.7. The summed E-state index contributed by atoms with van der Waals surface area (Å²) in [5.41, 5.74) is 0.841. The van der Waals surface area contributed by atoms with Crippen LogP contribution in [-0.4, -0.2) is 25.1 Å². The quantitative estimate of drug-likeness (QED) is 0.889. The first-order valence-corrected chi connectivity index (χ1v) is 5.18. The Morgan fingerprint density at radius 3 is 2.69 bits per heavy atom. The fraction of sp³-hybridized carbons (Fsp3) is 0.222. The predicted octanol–water partition coefficient (Wildman–Crippen LogP) is 1.60. The van der Waals surface area contributed by atoms with Crippen LogP contribution in [0.4, 0.5) is 0 Å². The first-order valence-electron chi connectivity index (χ1n) is 4.43. The van der Waals surface area contributed by atoms with Crippen molar-refractivity contribution in [3.63, 3.8) is 0 Å². The highest BCUT2D eigenvalue weighted by Crippen LogP contribution is 2.27. The third-order valence-corrected chi connectivity index (χ3v) is 2.63. The third-order valence-electron chi connectivity index (χ3n) is 2.12. The van der Waals surface area contributed by atoms with Gasteiger partial charge in [0.2, 0.25) is 0 Å². The number of aliphatic hydroxyl groups excluding tert-OH is 1. The molecule has 1 unspecified atom stereocenters. The molecule has 0 amide bonds. The summed E-state index contributed by atoms with van der Waals surface area (Å²) in [6.45, 7) is 0. The highest BCUT2D eigenvalue weighted by atomic mass is 35.5. The lowest BCUT2D eigenvalue weighted by molar-refractivity contribution is 0.205. The molecule has 0 aliphatic rings. The first-order chi connectivity index (χ1) is 7.59. The summed E-state index contributed by atoms with van der Waals surface area (Å²) in [4.78, 5) is 3.99. The fourth-order valence-corrected chi connectivity index (χ4v) is 1.80. The molecule has 16 heavy (non-hydrogen) atoms. The summed E-state index contributed by atoms with van der Waals surface area (Å²) in [6.07, 6.45) is 1.91. The van der Waals surface area contributed by atoms with Crippen LogP contribution in [-0.2, 0) is 7.05 Å². The van der Waals surface area contributed by atoms with E-state index in [9.17, 15) is 5.11 Å². The number of pyridine rings is 1. The second kappa shape index (κ2) is 4.37. The monoisotopic (exact) mass is 258 g/mol. The zero-order valence-corrected chi connectivity index (χ0v) is 9.81. The Balaban J connectivity index is 2.41. The zero-order valence-electron chi connectivity index (χ0n) is 8.30. The molecule has 1 N–H and O–H groups in total. The molecule has 2 aromatic rings. The van der Waals surface area contributed by atoms with Crippen molar-refractivity contribution in [1.29, 1.82) is 0 Å². The Morgan fingerprint density at radius 1 is 1.38 bits per heavy atom. The summed E-state index contributed by atoms with van der Waals surface area (Å²) in [5.74, 6) is 0. The minimum absolute atomic E-state index is 0.307. The van der Waals surface area contributed by atoms with E-state index < -0.39 is 6.10 Å². The van der Waals surface area contributed by atoms with Gasteiger partial charge in [0, 0.05) is 13.2 Å². The van der Waals surface area contributed by atoms with Gasteiger partial charge in [0.05, 0.1) is 27.6 Å². The van der Waals surface area contributed by atoms with Gasteiger partial charge in [-0.3, -0.25) is 4.98 Å². The van der Waals surface area contributed by atoms with Gasteiger partial charge in [-0.05, 0) is 6.07 Å². The number of hydrogen-bond acceptors (Lipinski definition) is 4. The van der Waals surface area contributed by atoms with Crippen LogP contribution >= 0.6 is 23.2 Å².